The van der Waals surface area contributed by atoms with Crippen LogP contribution in [0, 0.1) is 22.6 Å². The van der Waals surface area contributed by atoms with Crippen LogP contribution in [-0.4, -0.2) is 5.11 Å². The maximum atomic E-state index is 12.9. The fraction of sp³-hybridized carbons (Fsp3) is 0.417. The lowest BCUT2D eigenvalue weighted by Gasteiger charge is -2.39. The van der Waals surface area contributed by atoms with Crippen molar-refractivity contribution in [1.29, 1.82) is 5.26 Å². The Morgan fingerprint density at radius 1 is 1.50 bits per heavy atom. The SMILES string of the molecule is N#CC1(C(O)c2ccc(F)cc2Cl)CCC1. The Hall–Kier alpha value is -1.11. The van der Waals surface area contributed by atoms with Crippen LogP contribution in [0.5, 0.6) is 0 Å². The first-order valence-electron chi connectivity index (χ1n) is 5.13. The summed E-state index contributed by atoms with van der Waals surface area (Å²) in [6.07, 6.45) is 1.33. The first-order chi connectivity index (χ1) is 7.59. The van der Waals surface area contributed by atoms with E-state index in [1.807, 2.05) is 0 Å². The van der Waals surface area contributed by atoms with Gasteiger partial charge in [0.25, 0.3) is 0 Å². The number of nitriles is 1. The van der Waals surface area contributed by atoms with Crippen molar-refractivity contribution in [3.8, 4) is 6.07 Å². The van der Waals surface area contributed by atoms with E-state index >= 15 is 0 Å². The summed E-state index contributed by atoms with van der Waals surface area (Å²) in [5, 5.41) is 19.4. The molecule has 1 aliphatic rings. The molecule has 84 valence electrons. The van der Waals surface area contributed by atoms with E-state index in [0.29, 0.717) is 18.4 Å². The van der Waals surface area contributed by atoms with Crippen molar-refractivity contribution in [3.05, 3.63) is 34.6 Å². The molecule has 1 atom stereocenters. The Bertz CT molecular complexity index is 451. The molecular formula is C12H11ClFNO. The highest BCUT2D eigenvalue weighted by atomic mass is 35.5. The van der Waals surface area contributed by atoms with Gasteiger partial charge >= 0.3 is 0 Å². The summed E-state index contributed by atoms with van der Waals surface area (Å²) in [6.45, 7) is 0. The zero-order valence-corrected chi connectivity index (χ0v) is 9.34. The van der Waals surface area contributed by atoms with Crippen molar-refractivity contribution in [2.45, 2.75) is 25.4 Å². The molecule has 1 aliphatic carbocycles. The van der Waals surface area contributed by atoms with Crippen molar-refractivity contribution in [2.24, 2.45) is 5.41 Å². The van der Waals surface area contributed by atoms with Crippen LogP contribution < -0.4 is 0 Å². The average Bonchev–Trinajstić information content (AvgIpc) is 2.16. The predicted octanol–water partition coefficient (Wildman–Crippen LogP) is 3.21. The minimum Gasteiger partial charge on any atom is -0.387 e. The summed E-state index contributed by atoms with van der Waals surface area (Å²) in [7, 11) is 0. The molecule has 0 heterocycles. The topological polar surface area (TPSA) is 44.0 Å². The number of aliphatic hydroxyl groups is 1. The van der Waals surface area contributed by atoms with Gasteiger partial charge in [-0.05, 0) is 25.0 Å². The van der Waals surface area contributed by atoms with Gasteiger partial charge in [0.2, 0.25) is 0 Å². The Labute approximate surface area is 98.3 Å². The standard InChI is InChI=1S/C12H11ClFNO/c13-10-6-8(14)2-3-9(10)11(16)12(7-15)4-1-5-12/h2-3,6,11,16H,1,4-5H2. The molecule has 1 unspecified atom stereocenters. The van der Waals surface area contributed by atoms with Crippen LogP contribution in [-0.2, 0) is 0 Å². The first kappa shape index (κ1) is 11.4. The van der Waals surface area contributed by atoms with Gasteiger partial charge in [-0.2, -0.15) is 5.26 Å². The zero-order chi connectivity index (χ0) is 11.8. The number of benzene rings is 1. The Morgan fingerprint density at radius 3 is 2.62 bits per heavy atom. The highest BCUT2D eigenvalue weighted by Crippen LogP contribution is 2.50. The van der Waals surface area contributed by atoms with E-state index in [1.54, 1.807) is 0 Å². The summed E-state index contributed by atoms with van der Waals surface area (Å²) in [6, 6.07) is 6.00. The van der Waals surface area contributed by atoms with Gasteiger partial charge in [0.1, 0.15) is 5.82 Å². The van der Waals surface area contributed by atoms with Crippen molar-refractivity contribution in [1.82, 2.24) is 0 Å². The van der Waals surface area contributed by atoms with E-state index in [2.05, 4.69) is 6.07 Å². The van der Waals surface area contributed by atoms with Crippen LogP contribution in [0.4, 0.5) is 4.39 Å². The smallest absolute Gasteiger partial charge is 0.124 e. The monoisotopic (exact) mass is 239 g/mol. The molecule has 0 aromatic heterocycles. The van der Waals surface area contributed by atoms with Gasteiger partial charge in [-0.3, -0.25) is 0 Å². The van der Waals surface area contributed by atoms with Gasteiger partial charge in [-0.15, -0.1) is 0 Å². The van der Waals surface area contributed by atoms with Crippen LogP contribution >= 0.6 is 11.6 Å². The molecular weight excluding hydrogens is 229 g/mol. The van der Waals surface area contributed by atoms with Crippen molar-refractivity contribution < 1.29 is 9.50 Å². The van der Waals surface area contributed by atoms with Gasteiger partial charge in [-0.1, -0.05) is 24.1 Å². The van der Waals surface area contributed by atoms with Crippen LogP contribution in [0.25, 0.3) is 0 Å². The molecule has 2 rings (SSSR count). The second kappa shape index (κ2) is 4.04. The Kier molecular flexibility index (Phi) is 2.88. The zero-order valence-electron chi connectivity index (χ0n) is 8.58. The average molecular weight is 240 g/mol. The molecule has 1 saturated carbocycles. The number of halogens is 2. The summed E-state index contributed by atoms with van der Waals surface area (Å²) in [4.78, 5) is 0. The van der Waals surface area contributed by atoms with Gasteiger partial charge in [0, 0.05) is 10.6 Å². The molecule has 1 aromatic rings. The quantitative estimate of drug-likeness (QED) is 0.861. The third-order valence-corrected chi connectivity index (χ3v) is 3.58. The molecule has 4 heteroatoms. The third kappa shape index (κ3) is 1.68. The summed E-state index contributed by atoms with van der Waals surface area (Å²) in [5.74, 6) is -0.444. The molecule has 0 saturated heterocycles. The normalized spacial score (nSPS) is 19.6. The van der Waals surface area contributed by atoms with Crippen LogP contribution in [0.1, 0.15) is 30.9 Å². The summed E-state index contributed by atoms with van der Waals surface area (Å²) < 4.78 is 12.9. The number of hydrogen-bond acceptors (Lipinski definition) is 2. The molecule has 0 spiro atoms. The van der Waals surface area contributed by atoms with E-state index in [4.69, 9.17) is 16.9 Å². The predicted molar refractivity (Wildman–Crippen MR) is 58.3 cm³/mol. The molecule has 1 N–H and O–H groups in total. The largest absolute Gasteiger partial charge is 0.387 e. The lowest BCUT2D eigenvalue weighted by atomic mass is 9.64. The molecule has 16 heavy (non-hydrogen) atoms. The minimum absolute atomic E-state index is 0.175. The highest BCUT2D eigenvalue weighted by Gasteiger charge is 2.45. The Balaban J connectivity index is 2.34. The maximum Gasteiger partial charge on any atom is 0.124 e. The number of rotatable bonds is 2. The lowest BCUT2D eigenvalue weighted by molar-refractivity contribution is 0.00798. The van der Waals surface area contributed by atoms with Gasteiger partial charge in [0.15, 0.2) is 0 Å². The molecule has 1 aromatic carbocycles. The molecule has 1 fully saturated rings. The fourth-order valence-corrected chi connectivity index (χ4v) is 2.30. The maximum absolute atomic E-state index is 12.9. The van der Waals surface area contributed by atoms with Gasteiger partial charge in [0.05, 0.1) is 17.6 Å². The molecule has 0 aliphatic heterocycles. The molecule has 0 amide bonds. The summed E-state index contributed by atoms with van der Waals surface area (Å²) in [5.41, 5.74) is -0.300. The highest BCUT2D eigenvalue weighted by molar-refractivity contribution is 6.31. The second-order valence-electron chi connectivity index (χ2n) is 4.19. The fourth-order valence-electron chi connectivity index (χ4n) is 2.02. The van der Waals surface area contributed by atoms with E-state index in [0.717, 1.165) is 12.5 Å². The van der Waals surface area contributed by atoms with E-state index in [1.165, 1.54) is 12.1 Å². The van der Waals surface area contributed by atoms with Crippen molar-refractivity contribution in [2.75, 3.05) is 0 Å². The van der Waals surface area contributed by atoms with E-state index < -0.39 is 17.3 Å². The second-order valence-corrected chi connectivity index (χ2v) is 4.60. The number of aliphatic hydroxyl groups excluding tert-OH is 1. The number of hydrogen-bond donors (Lipinski definition) is 1. The van der Waals surface area contributed by atoms with Gasteiger partial charge in [-0.25, -0.2) is 4.39 Å². The minimum atomic E-state index is -0.931. The van der Waals surface area contributed by atoms with Gasteiger partial charge < -0.3 is 5.11 Å². The van der Waals surface area contributed by atoms with E-state index in [-0.39, 0.29) is 5.02 Å². The Morgan fingerprint density at radius 2 is 2.19 bits per heavy atom. The van der Waals surface area contributed by atoms with Crippen molar-refractivity contribution >= 4 is 11.6 Å². The van der Waals surface area contributed by atoms with Crippen LogP contribution in [0.3, 0.4) is 0 Å². The van der Waals surface area contributed by atoms with Crippen LogP contribution in [0.2, 0.25) is 5.02 Å². The number of nitrogens with zero attached hydrogens (tertiary/aromatic N) is 1. The summed E-state index contributed by atoms with van der Waals surface area (Å²) >= 11 is 5.86. The van der Waals surface area contributed by atoms with E-state index in [9.17, 15) is 9.50 Å². The third-order valence-electron chi connectivity index (χ3n) is 3.25. The molecule has 0 radical (unpaired) electrons. The van der Waals surface area contributed by atoms with Crippen molar-refractivity contribution in [3.63, 3.8) is 0 Å². The first-order valence-corrected chi connectivity index (χ1v) is 5.51. The molecule has 2 nitrogen and oxygen atoms in total. The molecule has 0 bridgehead atoms. The lowest BCUT2D eigenvalue weighted by Crippen LogP contribution is -2.34. The van der Waals surface area contributed by atoms with Crippen LogP contribution in [0.15, 0.2) is 18.2 Å².